The smallest absolute Gasteiger partial charge is 0.340 e. The molecule has 0 fully saturated rings. The van der Waals surface area contributed by atoms with Gasteiger partial charge in [-0.05, 0) is 12.1 Å². The molecule has 0 radical (unpaired) electrons. The number of carboxylic acid groups (broad SMARTS) is 2. The van der Waals surface area contributed by atoms with Crippen LogP contribution in [-0.4, -0.2) is 27.3 Å². The van der Waals surface area contributed by atoms with Crippen LogP contribution < -0.4 is 0 Å². The molecule has 5 nitrogen and oxygen atoms in total. The Hall–Kier alpha value is -1.75. The van der Waals surface area contributed by atoms with Gasteiger partial charge in [-0.3, -0.25) is 0 Å². The number of benzene rings is 1. The number of rotatable bonds is 2. The van der Waals surface area contributed by atoms with Crippen LogP contribution in [0.5, 0.6) is 5.75 Å². The standard InChI is InChI=1S/C8H5ClO5/c9-4-2-1-3(7(11)12)5(6(4)10)8(13)14/h1-2,10H,(H,11,12)(H,13,14). The van der Waals surface area contributed by atoms with E-state index < -0.39 is 28.8 Å². The topological polar surface area (TPSA) is 94.8 Å². The SMILES string of the molecule is O=C(O)c1ccc(Cl)c(O)c1C(=O)O. The van der Waals surface area contributed by atoms with Crippen molar-refractivity contribution >= 4 is 23.5 Å². The van der Waals surface area contributed by atoms with Crippen LogP contribution in [0, 0.1) is 0 Å². The van der Waals surface area contributed by atoms with Crippen LogP contribution in [0.4, 0.5) is 0 Å². The molecule has 0 atom stereocenters. The van der Waals surface area contributed by atoms with E-state index in [1.807, 2.05) is 0 Å². The van der Waals surface area contributed by atoms with E-state index in [1.165, 1.54) is 0 Å². The van der Waals surface area contributed by atoms with Crippen molar-refractivity contribution in [1.82, 2.24) is 0 Å². The molecule has 0 saturated carbocycles. The van der Waals surface area contributed by atoms with Gasteiger partial charge >= 0.3 is 11.9 Å². The van der Waals surface area contributed by atoms with Crippen LogP contribution in [0.2, 0.25) is 5.02 Å². The summed E-state index contributed by atoms with van der Waals surface area (Å²) in [6.45, 7) is 0. The molecule has 0 heterocycles. The molecule has 0 aromatic heterocycles. The van der Waals surface area contributed by atoms with Gasteiger partial charge in [0.2, 0.25) is 0 Å². The summed E-state index contributed by atoms with van der Waals surface area (Å²) in [5, 5.41) is 26.3. The summed E-state index contributed by atoms with van der Waals surface area (Å²) < 4.78 is 0. The van der Waals surface area contributed by atoms with Crippen molar-refractivity contribution in [2.75, 3.05) is 0 Å². The van der Waals surface area contributed by atoms with Crippen molar-refractivity contribution in [2.24, 2.45) is 0 Å². The van der Waals surface area contributed by atoms with Gasteiger partial charge in [0.1, 0.15) is 11.3 Å². The molecule has 6 heteroatoms. The summed E-state index contributed by atoms with van der Waals surface area (Å²) in [6.07, 6.45) is 0. The summed E-state index contributed by atoms with van der Waals surface area (Å²) in [5.41, 5.74) is -1.20. The van der Waals surface area contributed by atoms with Crippen LogP contribution in [-0.2, 0) is 0 Å². The van der Waals surface area contributed by atoms with Gasteiger partial charge in [-0.25, -0.2) is 9.59 Å². The molecular formula is C8H5ClO5. The second-order valence-electron chi connectivity index (χ2n) is 2.43. The summed E-state index contributed by atoms with van der Waals surface area (Å²) in [4.78, 5) is 21.2. The molecule has 0 bridgehead atoms. The van der Waals surface area contributed by atoms with E-state index in [4.69, 9.17) is 21.8 Å². The zero-order valence-corrected chi connectivity index (χ0v) is 7.45. The van der Waals surface area contributed by atoms with Gasteiger partial charge in [0.15, 0.2) is 0 Å². The monoisotopic (exact) mass is 216 g/mol. The third-order valence-corrected chi connectivity index (χ3v) is 1.88. The minimum atomic E-state index is -1.54. The van der Waals surface area contributed by atoms with Crippen molar-refractivity contribution in [3.63, 3.8) is 0 Å². The van der Waals surface area contributed by atoms with Crippen molar-refractivity contribution in [2.45, 2.75) is 0 Å². The second-order valence-corrected chi connectivity index (χ2v) is 2.84. The third-order valence-electron chi connectivity index (χ3n) is 1.57. The Labute approximate surface area is 83.2 Å². The maximum absolute atomic E-state index is 10.6. The van der Waals surface area contributed by atoms with Crippen LogP contribution >= 0.6 is 11.6 Å². The largest absolute Gasteiger partial charge is 0.505 e. The van der Waals surface area contributed by atoms with Crippen molar-refractivity contribution in [1.29, 1.82) is 0 Å². The van der Waals surface area contributed by atoms with E-state index in [0.29, 0.717) is 0 Å². The first kappa shape index (κ1) is 10.3. The number of phenols is 1. The van der Waals surface area contributed by atoms with Crippen LogP contribution in [0.1, 0.15) is 20.7 Å². The molecule has 3 N–H and O–H groups in total. The predicted octanol–water partition coefficient (Wildman–Crippen LogP) is 1.44. The maximum atomic E-state index is 10.6. The van der Waals surface area contributed by atoms with Gasteiger partial charge in [0, 0.05) is 0 Å². The highest BCUT2D eigenvalue weighted by Crippen LogP contribution is 2.29. The Morgan fingerprint density at radius 1 is 1.14 bits per heavy atom. The number of carbonyl (C=O) groups is 2. The van der Waals surface area contributed by atoms with Crippen LogP contribution in [0.15, 0.2) is 12.1 Å². The zero-order valence-electron chi connectivity index (χ0n) is 6.69. The average Bonchev–Trinajstić information content (AvgIpc) is 2.08. The Balaban J connectivity index is 3.53. The first-order chi connectivity index (χ1) is 6.45. The number of carboxylic acids is 2. The van der Waals surface area contributed by atoms with E-state index in [9.17, 15) is 14.7 Å². The molecule has 1 aromatic carbocycles. The lowest BCUT2D eigenvalue weighted by atomic mass is 10.1. The van der Waals surface area contributed by atoms with E-state index in [1.54, 1.807) is 0 Å². The number of aromatic hydroxyl groups is 1. The van der Waals surface area contributed by atoms with Gasteiger partial charge in [0.25, 0.3) is 0 Å². The fourth-order valence-corrected chi connectivity index (χ4v) is 1.12. The number of halogens is 1. The fourth-order valence-electron chi connectivity index (χ4n) is 0.960. The van der Waals surface area contributed by atoms with E-state index in [-0.39, 0.29) is 5.02 Å². The lowest BCUT2D eigenvalue weighted by Crippen LogP contribution is -2.08. The fraction of sp³-hybridized carbons (Fsp3) is 0. The van der Waals surface area contributed by atoms with Crippen molar-refractivity contribution in [3.8, 4) is 5.75 Å². The molecule has 0 spiro atoms. The summed E-state index contributed by atoms with van der Waals surface area (Å²) in [7, 11) is 0. The highest BCUT2D eigenvalue weighted by Gasteiger charge is 2.21. The van der Waals surface area contributed by atoms with E-state index in [0.717, 1.165) is 12.1 Å². The minimum absolute atomic E-state index is 0.201. The zero-order chi connectivity index (χ0) is 10.9. The first-order valence-corrected chi connectivity index (χ1v) is 3.81. The quantitative estimate of drug-likeness (QED) is 0.695. The molecule has 74 valence electrons. The molecule has 0 saturated heterocycles. The number of hydrogen-bond acceptors (Lipinski definition) is 3. The number of hydrogen-bond donors (Lipinski definition) is 3. The Morgan fingerprint density at radius 2 is 1.71 bits per heavy atom. The van der Waals surface area contributed by atoms with E-state index in [2.05, 4.69) is 0 Å². The number of aromatic carboxylic acids is 2. The first-order valence-electron chi connectivity index (χ1n) is 3.43. The van der Waals surface area contributed by atoms with Gasteiger partial charge in [0.05, 0.1) is 10.6 Å². The van der Waals surface area contributed by atoms with Crippen molar-refractivity contribution < 1.29 is 24.9 Å². The lowest BCUT2D eigenvalue weighted by Gasteiger charge is -2.04. The molecule has 0 amide bonds. The Bertz CT molecular complexity index is 412. The highest BCUT2D eigenvalue weighted by atomic mass is 35.5. The molecule has 0 unspecified atom stereocenters. The molecule has 14 heavy (non-hydrogen) atoms. The molecule has 1 aromatic rings. The minimum Gasteiger partial charge on any atom is -0.505 e. The lowest BCUT2D eigenvalue weighted by molar-refractivity contribution is 0.0648. The molecule has 1 rings (SSSR count). The summed E-state index contributed by atoms with van der Waals surface area (Å²) in [6, 6.07) is 2.14. The molecule has 0 aliphatic heterocycles. The second kappa shape index (κ2) is 3.55. The van der Waals surface area contributed by atoms with Crippen molar-refractivity contribution in [3.05, 3.63) is 28.3 Å². The molecular weight excluding hydrogens is 212 g/mol. The average molecular weight is 217 g/mol. The molecule has 0 aliphatic carbocycles. The predicted molar refractivity (Wildman–Crippen MR) is 47.0 cm³/mol. The third kappa shape index (κ3) is 1.62. The normalized spacial score (nSPS) is 9.79. The van der Waals surface area contributed by atoms with Gasteiger partial charge in [-0.15, -0.1) is 0 Å². The van der Waals surface area contributed by atoms with Gasteiger partial charge in [-0.1, -0.05) is 11.6 Å². The van der Waals surface area contributed by atoms with Gasteiger partial charge in [-0.2, -0.15) is 0 Å². The van der Waals surface area contributed by atoms with Crippen LogP contribution in [0.3, 0.4) is 0 Å². The Morgan fingerprint density at radius 3 is 2.14 bits per heavy atom. The van der Waals surface area contributed by atoms with Gasteiger partial charge < -0.3 is 15.3 Å². The summed E-state index contributed by atoms with van der Waals surface area (Å²) >= 11 is 5.43. The maximum Gasteiger partial charge on any atom is 0.340 e. The summed E-state index contributed by atoms with van der Waals surface area (Å²) in [5.74, 6) is -3.71. The Kier molecular flexibility index (Phi) is 2.62. The van der Waals surface area contributed by atoms with E-state index >= 15 is 0 Å². The van der Waals surface area contributed by atoms with Crippen LogP contribution in [0.25, 0.3) is 0 Å². The highest BCUT2D eigenvalue weighted by molar-refractivity contribution is 6.32. The molecule has 0 aliphatic rings.